The lowest BCUT2D eigenvalue weighted by Crippen LogP contribution is -2.11. The van der Waals surface area contributed by atoms with Crippen molar-refractivity contribution in [2.45, 2.75) is 10.7 Å². The minimum atomic E-state index is -4.51. The Morgan fingerprint density at radius 1 is 0.778 bits per heavy atom. The van der Waals surface area contributed by atoms with E-state index in [0.29, 0.717) is 0 Å². The molecule has 0 fully saturated rings. The summed E-state index contributed by atoms with van der Waals surface area (Å²) >= 11 is 0. The zero-order valence-electron chi connectivity index (χ0n) is 9.25. The average molecular weight is 267 g/mol. The fourth-order valence-electron chi connectivity index (χ4n) is 1.57. The topological polar surface area (TPSA) is 34.1 Å². The molecule has 2 aromatic carbocycles. The summed E-state index contributed by atoms with van der Waals surface area (Å²) in [4.78, 5) is -0.364. The lowest BCUT2D eigenvalue weighted by atomic mass is 10.1. The molecule has 2 nitrogen and oxygen atoms in total. The molecule has 0 aliphatic rings. The quantitative estimate of drug-likeness (QED) is 0.854. The lowest BCUT2D eigenvalue weighted by Gasteiger charge is -2.05. The first kappa shape index (κ1) is 12.7. The molecule has 0 heterocycles. The van der Waals surface area contributed by atoms with Crippen molar-refractivity contribution in [3.8, 4) is 11.1 Å². The van der Waals surface area contributed by atoms with Gasteiger partial charge in [-0.25, -0.2) is 8.42 Å². The normalized spacial score (nSPS) is 13.2. The first-order chi connectivity index (χ1) is 8.51. The Balaban J connectivity index is 2.38. The summed E-state index contributed by atoms with van der Waals surface area (Å²) < 4.78 is 47.1. The van der Waals surface area contributed by atoms with E-state index in [1.807, 2.05) is 30.3 Å². The zero-order valence-corrected chi connectivity index (χ0v) is 10.1. The first-order valence-corrected chi connectivity index (χ1v) is 6.74. The van der Waals surface area contributed by atoms with Crippen LogP contribution in [0.3, 0.4) is 0 Å². The van der Waals surface area contributed by atoms with Crippen molar-refractivity contribution in [1.29, 1.82) is 0 Å². The molecule has 2 rings (SSSR count). The van der Waals surface area contributed by atoms with Crippen LogP contribution < -0.4 is 0 Å². The van der Waals surface area contributed by atoms with Crippen molar-refractivity contribution in [3.63, 3.8) is 0 Å². The molecule has 0 N–H and O–H groups in total. The van der Waals surface area contributed by atoms with Crippen LogP contribution in [0.25, 0.3) is 11.1 Å². The van der Waals surface area contributed by atoms with E-state index in [9.17, 15) is 17.2 Å². The van der Waals surface area contributed by atoms with Gasteiger partial charge >= 0.3 is 5.76 Å². The van der Waals surface area contributed by atoms with Gasteiger partial charge < -0.3 is 0 Å². The summed E-state index contributed by atoms with van der Waals surface area (Å²) in [6, 6.07) is 14.7. The molecule has 0 spiro atoms. The summed E-state index contributed by atoms with van der Waals surface area (Å²) in [5, 5.41) is 0. The van der Waals surface area contributed by atoms with E-state index >= 15 is 0 Å². The maximum atomic E-state index is 12.3. The highest BCUT2D eigenvalue weighted by molar-refractivity contribution is 7.91. The Hall–Kier alpha value is -1.75. The molecule has 1 atom stereocenters. The highest BCUT2D eigenvalue weighted by Crippen LogP contribution is 2.23. The van der Waals surface area contributed by atoms with E-state index in [1.165, 1.54) is 24.3 Å². The number of halogens is 2. The van der Waals surface area contributed by atoms with Crippen molar-refractivity contribution in [2.24, 2.45) is 0 Å². The summed E-state index contributed by atoms with van der Waals surface area (Å²) in [6.45, 7) is 0. The molecule has 0 saturated carbocycles. The van der Waals surface area contributed by atoms with Crippen molar-refractivity contribution in [3.05, 3.63) is 54.6 Å². The molecule has 0 amide bonds. The molecule has 2 aromatic rings. The third kappa shape index (κ3) is 2.41. The minimum absolute atomic E-state index is 0.364. The molecule has 0 saturated heterocycles. The largest absolute Gasteiger partial charge is 0.341 e. The maximum absolute atomic E-state index is 12.3. The number of benzene rings is 2. The number of hydrogen-bond acceptors (Lipinski definition) is 2. The predicted octanol–water partition coefficient (Wildman–Crippen LogP) is 3.35. The van der Waals surface area contributed by atoms with E-state index in [0.717, 1.165) is 11.1 Å². The van der Waals surface area contributed by atoms with Crippen LogP contribution in [0, 0.1) is 0 Å². The molecule has 0 bridgehead atoms. The second kappa shape index (κ2) is 4.86. The SMILES string of the molecule is O=S(=O)(c1ccc(-c2ccccc2)cc1)C(F)[18F]. The fourth-order valence-corrected chi connectivity index (χ4v) is 2.29. The minimum Gasteiger partial charge on any atom is -0.218 e. The molecular weight excluding hydrogens is 257 g/mol. The third-order valence-corrected chi connectivity index (χ3v) is 3.92. The Bertz CT molecular complexity index is 620. The summed E-state index contributed by atoms with van der Waals surface area (Å²) in [6.07, 6.45) is 0. The lowest BCUT2D eigenvalue weighted by molar-refractivity contribution is 0.234. The molecule has 5 heteroatoms. The van der Waals surface area contributed by atoms with Gasteiger partial charge in [0.05, 0.1) is 4.90 Å². The summed E-state index contributed by atoms with van der Waals surface area (Å²) in [5.74, 6) is -3.39. The fraction of sp³-hybridized carbons (Fsp3) is 0.0769. The maximum Gasteiger partial charge on any atom is 0.341 e. The molecule has 0 aliphatic heterocycles. The smallest absolute Gasteiger partial charge is 0.218 e. The second-order valence-corrected chi connectivity index (χ2v) is 5.61. The van der Waals surface area contributed by atoms with Crippen LogP contribution in [0.15, 0.2) is 59.5 Å². The summed E-state index contributed by atoms with van der Waals surface area (Å²) in [5.41, 5.74) is 1.68. The van der Waals surface area contributed by atoms with Crippen LogP contribution in [0.1, 0.15) is 0 Å². The third-order valence-electron chi connectivity index (χ3n) is 2.52. The zero-order chi connectivity index (χ0) is 13.2. The molecule has 0 radical (unpaired) electrons. The van der Waals surface area contributed by atoms with Crippen LogP contribution in [0.2, 0.25) is 0 Å². The summed E-state index contributed by atoms with van der Waals surface area (Å²) in [7, 11) is -4.51. The van der Waals surface area contributed by atoms with Crippen molar-refractivity contribution in [2.75, 3.05) is 0 Å². The Kier molecular flexibility index (Phi) is 3.43. The van der Waals surface area contributed by atoms with Gasteiger partial charge in [0, 0.05) is 0 Å². The standard InChI is InChI=1S/C13H10F2O2S/c14-13(15)18(16,17)12-8-6-11(7-9-12)10-4-2-1-3-5-10/h1-9,13H/i14-1. The van der Waals surface area contributed by atoms with Crippen LogP contribution in [-0.2, 0) is 9.84 Å². The molecule has 18 heavy (non-hydrogen) atoms. The van der Waals surface area contributed by atoms with E-state index in [1.54, 1.807) is 0 Å². The van der Waals surface area contributed by atoms with Gasteiger partial charge in [-0.2, -0.15) is 8.78 Å². The number of alkyl halides is 2. The monoisotopic (exact) mass is 267 g/mol. The van der Waals surface area contributed by atoms with Gasteiger partial charge in [0.25, 0.3) is 0 Å². The van der Waals surface area contributed by atoms with Gasteiger partial charge in [0.2, 0.25) is 9.84 Å². The molecule has 0 aliphatic carbocycles. The number of rotatable bonds is 3. The van der Waals surface area contributed by atoms with Gasteiger partial charge in [0.1, 0.15) is 0 Å². The number of hydrogen-bond donors (Lipinski definition) is 0. The van der Waals surface area contributed by atoms with Crippen LogP contribution in [0.5, 0.6) is 0 Å². The van der Waals surface area contributed by atoms with Gasteiger partial charge in [-0.3, -0.25) is 0 Å². The van der Waals surface area contributed by atoms with Crippen LogP contribution in [-0.4, -0.2) is 14.2 Å². The van der Waals surface area contributed by atoms with Gasteiger partial charge in [-0.05, 0) is 23.3 Å². The Morgan fingerprint density at radius 3 is 1.78 bits per heavy atom. The second-order valence-electron chi connectivity index (χ2n) is 3.70. The van der Waals surface area contributed by atoms with Crippen molar-refractivity contribution >= 4 is 9.84 Å². The molecule has 94 valence electrons. The van der Waals surface area contributed by atoms with Gasteiger partial charge in [0.15, 0.2) is 0 Å². The Labute approximate surface area is 104 Å². The van der Waals surface area contributed by atoms with E-state index < -0.39 is 15.6 Å². The van der Waals surface area contributed by atoms with Crippen molar-refractivity contribution < 1.29 is 17.2 Å². The average Bonchev–Trinajstić information content (AvgIpc) is 2.40. The first-order valence-electron chi connectivity index (χ1n) is 5.19. The van der Waals surface area contributed by atoms with E-state index in [4.69, 9.17) is 0 Å². The highest BCUT2D eigenvalue weighted by atomic mass is 32.2. The molecule has 0 aromatic heterocycles. The highest BCUT2D eigenvalue weighted by Gasteiger charge is 2.26. The van der Waals surface area contributed by atoms with Crippen LogP contribution in [0.4, 0.5) is 8.78 Å². The predicted molar refractivity (Wildman–Crippen MR) is 65.1 cm³/mol. The van der Waals surface area contributed by atoms with Crippen LogP contribution >= 0.6 is 0 Å². The van der Waals surface area contributed by atoms with E-state index in [2.05, 4.69) is 0 Å². The van der Waals surface area contributed by atoms with Crippen molar-refractivity contribution in [1.82, 2.24) is 0 Å². The molecule has 1 unspecified atom stereocenters. The Morgan fingerprint density at radius 2 is 1.28 bits per heavy atom. The number of sulfone groups is 1. The van der Waals surface area contributed by atoms with E-state index in [-0.39, 0.29) is 4.90 Å². The molecular formula is C13H10F2O2S. The van der Waals surface area contributed by atoms with Gasteiger partial charge in [-0.1, -0.05) is 42.5 Å². The van der Waals surface area contributed by atoms with Gasteiger partial charge in [-0.15, -0.1) is 0 Å².